The standard InChI is InChI=1S/C16H21N5/c1-11-9-16(21(4)18-11)14(17-2)10-13-12-7-5-6-8-15(12)20(3)19-13/h5-9,14,17H,10H2,1-4H3. The molecule has 3 aromatic rings. The molecule has 21 heavy (non-hydrogen) atoms. The number of aryl methyl sites for hydroxylation is 3. The molecule has 0 fully saturated rings. The highest BCUT2D eigenvalue weighted by molar-refractivity contribution is 5.81. The summed E-state index contributed by atoms with van der Waals surface area (Å²) in [5, 5.41) is 13.7. The number of benzene rings is 1. The first kappa shape index (κ1) is 13.8. The van der Waals surface area contributed by atoms with Crippen molar-refractivity contribution in [3.8, 4) is 0 Å². The zero-order chi connectivity index (χ0) is 15.0. The molecule has 0 bridgehead atoms. The van der Waals surface area contributed by atoms with Gasteiger partial charge in [-0.1, -0.05) is 18.2 Å². The lowest BCUT2D eigenvalue weighted by molar-refractivity contribution is 0.530. The molecule has 5 heteroatoms. The molecule has 1 atom stereocenters. The predicted octanol–water partition coefficient (Wildman–Crippen LogP) is 2.12. The van der Waals surface area contributed by atoms with Crippen LogP contribution in [0.1, 0.15) is 23.1 Å². The Labute approximate surface area is 124 Å². The van der Waals surface area contributed by atoms with E-state index in [1.165, 1.54) is 16.6 Å². The highest BCUT2D eigenvalue weighted by Gasteiger charge is 2.18. The first-order chi connectivity index (χ1) is 10.1. The van der Waals surface area contributed by atoms with Gasteiger partial charge >= 0.3 is 0 Å². The lowest BCUT2D eigenvalue weighted by Crippen LogP contribution is -2.22. The summed E-state index contributed by atoms with van der Waals surface area (Å²) in [5.74, 6) is 0. The van der Waals surface area contributed by atoms with Crippen LogP contribution in [0.3, 0.4) is 0 Å². The molecule has 2 heterocycles. The highest BCUT2D eigenvalue weighted by Crippen LogP contribution is 2.23. The number of likely N-dealkylation sites (N-methyl/N-ethyl adjacent to an activating group) is 1. The molecule has 0 radical (unpaired) electrons. The number of hydrogen-bond donors (Lipinski definition) is 1. The molecule has 1 unspecified atom stereocenters. The normalized spacial score (nSPS) is 13.0. The van der Waals surface area contributed by atoms with Crippen LogP contribution in [0.2, 0.25) is 0 Å². The fraction of sp³-hybridized carbons (Fsp3) is 0.375. The maximum atomic E-state index is 4.69. The second kappa shape index (κ2) is 5.33. The first-order valence-corrected chi connectivity index (χ1v) is 7.18. The fourth-order valence-corrected chi connectivity index (χ4v) is 2.94. The van der Waals surface area contributed by atoms with E-state index in [-0.39, 0.29) is 6.04 Å². The van der Waals surface area contributed by atoms with Crippen molar-refractivity contribution >= 4 is 10.9 Å². The number of fused-ring (bicyclic) bond motifs is 1. The summed E-state index contributed by atoms with van der Waals surface area (Å²) >= 11 is 0. The number of hydrogen-bond acceptors (Lipinski definition) is 3. The Morgan fingerprint density at radius 3 is 2.57 bits per heavy atom. The Kier molecular flexibility index (Phi) is 3.51. The highest BCUT2D eigenvalue weighted by atomic mass is 15.3. The molecule has 0 aliphatic carbocycles. The molecular weight excluding hydrogens is 262 g/mol. The molecule has 1 N–H and O–H groups in total. The lowest BCUT2D eigenvalue weighted by atomic mass is 10.0. The zero-order valence-corrected chi connectivity index (χ0v) is 13.0. The minimum atomic E-state index is 0.203. The Hall–Kier alpha value is -2.14. The van der Waals surface area contributed by atoms with Crippen LogP contribution in [0.25, 0.3) is 10.9 Å². The summed E-state index contributed by atoms with van der Waals surface area (Å²) in [6, 6.07) is 10.7. The van der Waals surface area contributed by atoms with Gasteiger partial charge in [-0.05, 0) is 26.1 Å². The number of nitrogens with one attached hydrogen (secondary N) is 1. The monoisotopic (exact) mass is 283 g/mol. The van der Waals surface area contributed by atoms with Crippen LogP contribution in [-0.2, 0) is 20.5 Å². The third kappa shape index (κ3) is 2.45. The van der Waals surface area contributed by atoms with Crippen molar-refractivity contribution in [2.45, 2.75) is 19.4 Å². The van der Waals surface area contributed by atoms with Crippen LogP contribution >= 0.6 is 0 Å². The molecular formula is C16H21N5. The minimum absolute atomic E-state index is 0.203. The third-order valence-electron chi connectivity index (χ3n) is 3.98. The van der Waals surface area contributed by atoms with Crippen LogP contribution < -0.4 is 5.32 Å². The van der Waals surface area contributed by atoms with Gasteiger partial charge in [0.15, 0.2) is 0 Å². The molecule has 0 spiro atoms. The average molecular weight is 283 g/mol. The van der Waals surface area contributed by atoms with Crippen LogP contribution in [0.5, 0.6) is 0 Å². The molecule has 3 rings (SSSR count). The van der Waals surface area contributed by atoms with Crippen molar-refractivity contribution in [1.82, 2.24) is 24.9 Å². The maximum Gasteiger partial charge on any atom is 0.0722 e. The van der Waals surface area contributed by atoms with Crippen LogP contribution in [0.4, 0.5) is 0 Å². The molecule has 0 amide bonds. The number of para-hydroxylation sites is 1. The van der Waals surface area contributed by atoms with E-state index in [4.69, 9.17) is 0 Å². The first-order valence-electron chi connectivity index (χ1n) is 7.18. The quantitative estimate of drug-likeness (QED) is 0.798. The van der Waals surface area contributed by atoms with Crippen molar-refractivity contribution in [3.63, 3.8) is 0 Å². The lowest BCUT2D eigenvalue weighted by Gasteiger charge is -2.15. The summed E-state index contributed by atoms with van der Waals surface area (Å²) in [6.07, 6.45) is 0.844. The van der Waals surface area contributed by atoms with E-state index in [1.54, 1.807) is 0 Å². The topological polar surface area (TPSA) is 47.7 Å². The molecule has 1 aromatic carbocycles. The molecule has 110 valence electrons. The smallest absolute Gasteiger partial charge is 0.0722 e. The van der Waals surface area contributed by atoms with E-state index in [2.05, 4.69) is 39.8 Å². The van der Waals surface area contributed by atoms with Crippen LogP contribution in [0.15, 0.2) is 30.3 Å². The van der Waals surface area contributed by atoms with Crippen LogP contribution in [0, 0.1) is 6.92 Å². The summed E-state index contributed by atoms with van der Waals surface area (Å²) in [7, 11) is 5.97. The molecule has 5 nitrogen and oxygen atoms in total. The van der Waals surface area contributed by atoms with Gasteiger partial charge in [-0.2, -0.15) is 10.2 Å². The molecule has 0 aliphatic heterocycles. The molecule has 0 saturated carbocycles. The minimum Gasteiger partial charge on any atom is -0.311 e. The van der Waals surface area contributed by atoms with E-state index in [1.807, 2.05) is 43.5 Å². The maximum absolute atomic E-state index is 4.69. The fourth-order valence-electron chi connectivity index (χ4n) is 2.94. The summed E-state index contributed by atoms with van der Waals surface area (Å²) in [6.45, 7) is 2.02. The Morgan fingerprint density at radius 2 is 1.90 bits per heavy atom. The van der Waals surface area contributed by atoms with Crippen molar-refractivity contribution < 1.29 is 0 Å². The van der Waals surface area contributed by atoms with E-state index < -0.39 is 0 Å². The third-order valence-corrected chi connectivity index (χ3v) is 3.98. The van der Waals surface area contributed by atoms with Crippen molar-refractivity contribution in [2.24, 2.45) is 14.1 Å². The van der Waals surface area contributed by atoms with Gasteiger partial charge in [-0.25, -0.2) is 0 Å². The average Bonchev–Trinajstić information content (AvgIpc) is 2.97. The van der Waals surface area contributed by atoms with Gasteiger partial charge in [0.2, 0.25) is 0 Å². The Balaban J connectivity index is 1.98. The summed E-state index contributed by atoms with van der Waals surface area (Å²) in [5.41, 5.74) is 4.51. The van der Waals surface area contributed by atoms with E-state index in [9.17, 15) is 0 Å². The van der Waals surface area contributed by atoms with E-state index >= 15 is 0 Å². The van der Waals surface area contributed by atoms with Gasteiger partial charge in [0.25, 0.3) is 0 Å². The Morgan fingerprint density at radius 1 is 1.14 bits per heavy atom. The van der Waals surface area contributed by atoms with Gasteiger partial charge in [0.05, 0.1) is 28.6 Å². The second-order valence-corrected chi connectivity index (χ2v) is 5.47. The van der Waals surface area contributed by atoms with Crippen molar-refractivity contribution in [2.75, 3.05) is 7.05 Å². The van der Waals surface area contributed by atoms with Gasteiger partial charge < -0.3 is 5.32 Å². The van der Waals surface area contributed by atoms with Gasteiger partial charge in [0.1, 0.15) is 0 Å². The van der Waals surface area contributed by atoms with Gasteiger partial charge in [-0.15, -0.1) is 0 Å². The number of nitrogens with zero attached hydrogens (tertiary/aromatic N) is 4. The number of aromatic nitrogens is 4. The van der Waals surface area contributed by atoms with Crippen molar-refractivity contribution in [3.05, 3.63) is 47.4 Å². The van der Waals surface area contributed by atoms with Crippen molar-refractivity contribution in [1.29, 1.82) is 0 Å². The van der Waals surface area contributed by atoms with Gasteiger partial charge in [-0.3, -0.25) is 9.36 Å². The zero-order valence-electron chi connectivity index (χ0n) is 13.0. The van der Waals surface area contributed by atoms with E-state index in [0.717, 1.165) is 17.8 Å². The SMILES string of the molecule is CNC(Cc1nn(C)c2ccccc12)c1cc(C)nn1C. The second-order valence-electron chi connectivity index (χ2n) is 5.47. The van der Waals surface area contributed by atoms with E-state index in [0.29, 0.717) is 0 Å². The Bertz CT molecular complexity index is 768. The predicted molar refractivity (Wildman–Crippen MR) is 84.2 cm³/mol. The van der Waals surface area contributed by atoms with Crippen LogP contribution in [-0.4, -0.2) is 26.6 Å². The molecule has 0 aliphatic rings. The molecule has 2 aromatic heterocycles. The molecule has 0 saturated heterocycles. The number of rotatable bonds is 4. The summed E-state index contributed by atoms with van der Waals surface area (Å²) < 4.78 is 3.90. The largest absolute Gasteiger partial charge is 0.311 e. The van der Waals surface area contributed by atoms with Gasteiger partial charge in [0, 0.05) is 25.9 Å². The summed E-state index contributed by atoms with van der Waals surface area (Å²) in [4.78, 5) is 0.